The molecule has 5 heteroatoms. The third kappa shape index (κ3) is 2.68. The second-order valence-corrected chi connectivity index (χ2v) is 8.26. The van der Waals surface area contributed by atoms with E-state index in [0.717, 1.165) is 43.7 Å². The molecule has 2 fully saturated rings. The molecule has 1 aromatic rings. The third-order valence-electron chi connectivity index (χ3n) is 6.61. The highest BCUT2D eigenvalue weighted by atomic mass is 16.2. The Morgan fingerprint density at radius 2 is 1.78 bits per heavy atom. The van der Waals surface area contributed by atoms with Crippen LogP contribution in [0.15, 0.2) is 24.3 Å². The normalized spacial score (nSPS) is 23.7. The molecule has 4 rings (SSSR count). The zero-order chi connectivity index (χ0) is 19.5. The van der Waals surface area contributed by atoms with Crippen LogP contribution in [-0.2, 0) is 11.2 Å². The number of anilines is 1. The minimum absolute atomic E-state index is 0.0354. The van der Waals surface area contributed by atoms with Gasteiger partial charge in [-0.3, -0.25) is 9.59 Å². The first-order chi connectivity index (χ1) is 12.8. The van der Waals surface area contributed by atoms with E-state index in [9.17, 15) is 9.59 Å². The van der Waals surface area contributed by atoms with Crippen molar-refractivity contribution in [3.05, 3.63) is 46.5 Å². The van der Waals surface area contributed by atoms with E-state index in [2.05, 4.69) is 32.3 Å². The number of nitrogens with zero attached hydrogens (tertiary/aromatic N) is 2. The number of hydrogen-bond donors (Lipinski definition) is 1. The molecule has 2 atom stereocenters. The Balaban J connectivity index is 1.69. The molecule has 0 radical (unpaired) electrons. The summed E-state index contributed by atoms with van der Waals surface area (Å²) in [4.78, 5) is 28.3. The SMILES string of the molecule is C=CC(=O)N1CC2CN(c3c(C)cc(C(N)=O)c4c3C(C)=C(C)C4)CC2C1. The molecule has 1 aliphatic carbocycles. The molecule has 2 aliphatic heterocycles. The zero-order valence-corrected chi connectivity index (χ0v) is 16.3. The summed E-state index contributed by atoms with van der Waals surface area (Å²) in [6.07, 6.45) is 2.21. The molecule has 2 amide bonds. The van der Waals surface area contributed by atoms with Crippen LogP contribution in [-0.4, -0.2) is 42.9 Å². The maximum atomic E-state index is 12.0. The van der Waals surface area contributed by atoms with Gasteiger partial charge in [-0.05, 0) is 56.0 Å². The van der Waals surface area contributed by atoms with E-state index in [1.807, 2.05) is 11.0 Å². The average Bonchev–Trinajstić information content (AvgIpc) is 3.27. The number of likely N-dealkylation sites (tertiary alicyclic amines) is 1. The quantitative estimate of drug-likeness (QED) is 0.837. The number of nitrogens with two attached hydrogens (primary N) is 1. The molecule has 0 bridgehead atoms. The van der Waals surface area contributed by atoms with E-state index in [1.54, 1.807) is 0 Å². The largest absolute Gasteiger partial charge is 0.370 e. The number of carbonyl (C=O) groups is 2. The molecule has 27 heavy (non-hydrogen) atoms. The maximum absolute atomic E-state index is 12.0. The number of benzene rings is 1. The van der Waals surface area contributed by atoms with Crippen LogP contribution in [0, 0.1) is 18.8 Å². The van der Waals surface area contributed by atoms with Gasteiger partial charge >= 0.3 is 0 Å². The second-order valence-electron chi connectivity index (χ2n) is 8.26. The summed E-state index contributed by atoms with van der Waals surface area (Å²) >= 11 is 0. The number of carbonyl (C=O) groups excluding carboxylic acids is 2. The van der Waals surface area contributed by atoms with Crippen LogP contribution in [0.3, 0.4) is 0 Å². The monoisotopic (exact) mass is 365 g/mol. The van der Waals surface area contributed by atoms with Gasteiger partial charge in [0.1, 0.15) is 0 Å². The summed E-state index contributed by atoms with van der Waals surface area (Å²) in [5.74, 6) is 0.673. The predicted molar refractivity (Wildman–Crippen MR) is 108 cm³/mol. The fraction of sp³-hybridized carbons (Fsp3) is 0.455. The van der Waals surface area contributed by atoms with Crippen LogP contribution in [0.2, 0.25) is 0 Å². The Labute approximate surface area is 160 Å². The van der Waals surface area contributed by atoms with Crippen LogP contribution in [0.1, 0.15) is 40.9 Å². The molecule has 2 saturated heterocycles. The minimum Gasteiger partial charge on any atom is -0.370 e. The fourth-order valence-electron chi connectivity index (χ4n) is 5.16. The summed E-state index contributed by atoms with van der Waals surface area (Å²) in [5, 5.41) is 0. The van der Waals surface area contributed by atoms with Crippen molar-refractivity contribution in [2.45, 2.75) is 27.2 Å². The number of primary amides is 1. The Bertz CT molecular complexity index is 885. The molecule has 5 nitrogen and oxygen atoms in total. The number of allylic oxidation sites excluding steroid dienone is 2. The van der Waals surface area contributed by atoms with E-state index in [0.29, 0.717) is 17.4 Å². The number of rotatable bonds is 3. The molecule has 2 N–H and O–H groups in total. The van der Waals surface area contributed by atoms with E-state index >= 15 is 0 Å². The van der Waals surface area contributed by atoms with Crippen molar-refractivity contribution in [1.29, 1.82) is 0 Å². The first-order valence-corrected chi connectivity index (χ1v) is 9.61. The molecule has 142 valence electrons. The smallest absolute Gasteiger partial charge is 0.249 e. The minimum atomic E-state index is -0.347. The number of aryl methyl sites for hydroxylation is 1. The number of fused-ring (bicyclic) bond motifs is 2. The van der Waals surface area contributed by atoms with Crippen LogP contribution in [0.25, 0.3) is 5.57 Å². The molecule has 2 unspecified atom stereocenters. The van der Waals surface area contributed by atoms with E-state index in [1.165, 1.54) is 28.5 Å². The van der Waals surface area contributed by atoms with Gasteiger partial charge in [-0.1, -0.05) is 12.2 Å². The van der Waals surface area contributed by atoms with Gasteiger partial charge < -0.3 is 15.5 Å². The van der Waals surface area contributed by atoms with Gasteiger partial charge in [0.05, 0.1) is 0 Å². The zero-order valence-electron chi connectivity index (χ0n) is 16.3. The molecular formula is C22H27N3O2. The van der Waals surface area contributed by atoms with E-state index < -0.39 is 0 Å². The topological polar surface area (TPSA) is 66.6 Å². The lowest BCUT2D eigenvalue weighted by Crippen LogP contribution is -2.32. The van der Waals surface area contributed by atoms with Gasteiger partial charge in [0.25, 0.3) is 0 Å². The van der Waals surface area contributed by atoms with Gasteiger partial charge in [0, 0.05) is 54.8 Å². The second kappa shape index (κ2) is 6.25. The van der Waals surface area contributed by atoms with Gasteiger partial charge in [-0.15, -0.1) is 0 Å². The lowest BCUT2D eigenvalue weighted by Gasteiger charge is -2.28. The highest BCUT2D eigenvalue weighted by Crippen LogP contribution is 2.45. The van der Waals surface area contributed by atoms with Crippen molar-refractivity contribution in [1.82, 2.24) is 4.90 Å². The highest BCUT2D eigenvalue weighted by molar-refractivity contribution is 6.00. The van der Waals surface area contributed by atoms with Crippen LogP contribution in [0.4, 0.5) is 5.69 Å². The van der Waals surface area contributed by atoms with Gasteiger partial charge in [0.2, 0.25) is 11.8 Å². The molecule has 0 aromatic heterocycles. The standard InChI is InChI=1S/C22H27N3O2/c1-5-19(26)24-8-15-10-25(11-16(15)9-24)21-13(3)7-18(22(23)27)17-6-12(2)14(4)20(17)21/h5,7,15-16H,1,6,8-11H2,2-4H3,(H2,23,27). The van der Waals surface area contributed by atoms with Gasteiger partial charge in [0.15, 0.2) is 0 Å². The molecule has 0 saturated carbocycles. The number of amides is 2. The van der Waals surface area contributed by atoms with Crippen molar-refractivity contribution >= 4 is 23.1 Å². The van der Waals surface area contributed by atoms with E-state index in [-0.39, 0.29) is 11.8 Å². The first-order valence-electron chi connectivity index (χ1n) is 9.61. The predicted octanol–water partition coefficient (Wildman–Crippen LogP) is 2.52. The Morgan fingerprint density at radius 1 is 1.15 bits per heavy atom. The first kappa shape index (κ1) is 17.8. The summed E-state index contributed by atoms with van der Waals surface area (Å²) in [5.41, 5.74) is 13.5. The fourth-order valence-corrected chi connectivity index (χ4v) is 5.16. The average molecular weight is 365 g/mol. The van der Waals surface area contributed by atoms with Crippen molar-refractivity contribution in [3.8, 4) is 0 Å². The lowest BCUT2D eigenvalue weighted by atomic mass is 9.94. The molecular weight excluding hydrogens is 338 g/mol. The molecule has 1 aromatic carbocycles. The van der Waals surface area contributed by atoms with Crippen LogP contribution in [0.5, 0.6) is 0 Å². The maximum Gasteiger partial charge on any atom is 0.249 e. The third-order valence-corrected chi connectivity index (χ3v) is 6.61. The van der Waals surface area contributed by atoms with Gasteiger partial charge in [-0.25, -0.2) is 0 Å². The summed E-state index contributed by atoms with van der Waals surface area (Å²) in [6, 6.07) is 1.96. The molecule has 0 spiro atoms. The molecule has 2 heterocycles. The van der Waals surface area contributed by atoms with Crippen LogP contribution >= 0.6 is 0 Å². The van der Waals surface area contributed by atoms with Crippen molar-refractivity contribution in [2.24, 2.45) is 17.6 Å². The highest BCUT2D eigenvalue weighted by Gasteiger charge is 2.42. The van der Waals surface area contributed by atoms with Crippen molar-refractivity contribution in [3.63, 3.8) is 0 Å². The van der Waals surface area contributed by atoms with Crippen molar-refractivity contribution < 1.29 is 9.59 Å². The summed E-state index contributed by atoms with van der Waals surface area (Å²) in [7, 11) is 0. The van der Waals surface area contributed by atoms with Gasteiger partial charge in [-0.2, -0.15) is 0 Å². The Morgan fingerprint density at radius 3 is 2.33 bits per heavy atom. The number of hydrogen-bond acceptors (Lipinski definition) is 3. The Hall–Kier alpha value is -2.56. The lowest BCUT2D eigenvalue weighted by molar-refractivity contribution is -0.125. The van der Waals surface area contributed by atoms with Crippen LogP contribution < -0.4 is 10.6 Å². The molecule has 3 aliphatic rings. The summed E-state index contributed by atoms with van der Waals surface area (Å²) < 4.78 is 0. The Kier molecular flexibility index (Phi) is 4.13. The summed E-state index contributed by atoms with van der Waals surface area (Å²) in [6.45, 7) is 13.5. The van der Waals surface area contributed by atoms with E-state index in [4.69, 9.17) is 5.73 Å². The van der Waals surface area contributed by atoms with Crippen molar-refractivity contribution in [2.75, 3.05) is 31.1 Å².